The van der Waals surface area contributed by atoms with Gasteiger partial charge in [-0.3, -0.25) is 14.5 Å². The summed E-state index contributed by atoms with van der Waals surface area (Å²) in [7, 11) is 0. The van der Waals surface area contributed by atoms with Crippen molar-refractivity contribution < 1.29 is 9.59 Å². The zero-order valence-electron chi connectivity index (χ0n) is 14.3. The van der Waals surface area contributed by atoms with Gasteiger partial charge >= 0.3 is 0 Å². The number of carbonyl (C=O) groups is 2. The van der Waals surface area contributed by atoms with Crippen molar-refractivity contribution in [1.29, 1.82) is 0 Å². The smallest absolute Gasteiger partial charge is 0.236 e. The molecule has 132 valence electrons. The Labute approximate surface area is 148 Å². The van der Waals surface area contributed by atoms with Gasteiger partial charge in [0.2, 0.25) is 11.8 Å². The number of hydrogen-bond acceptors (Lipinski definition) is 4. The summed E-state index contributed by atoms with van der Waals surface area (Å²) in [6.45, 7) is 5.63. The largest absolute Gasteiger partial charge is 0.342 e. The maximum atomic E-state index is 12.4. The molecule has 2 saturated heterocycles. The molecule has 0 saturated carbocycles. The molecule has 2 aliphatic rings. The van der Waals surface area contributed by atoms with E-state index < -0.39 is 0 Å². The lowest BCUT2D eigenvalue weighted by atomic mass is 10.2. The van der Waals surface area contributed by atoms with E-state index in [1.54, 1.807) is 11.3 Å². The van der Waals surface area contributed by atoms with Gasteiger partial charge in [-0.05, 0) is 48.1 Å². The van der Waals surface area contributed by atoms with Crippen molar-refractivity contribution in [3.05, 3.63) is 22.4 Å². The zero-order chi connectivity index (χ0) is 16.8. The number of amides is 2. The van der Waals surface area contributed by atoms with Crippen LogP contribution in [-0.4, -0.2) is 72.3 Å². The second-order valence-electron chi connectivity index (χ2n) is 6.73. The Hall–Kier alpha value is -1.40. The molecule has 0 bridgehead atoms. The molecule has 3 rings (SSSR count). The van der Waals surface area contributed by atoms with Crippen molar-refractivity contribution in [2.75, 3.05) is 45.8 Å². The van der Waals surface area contributed by atoms with E-state index in [0.29, 0.717) is 13.0 Å². The summed E-state index contributed by atoms with van der Waals surface area (Å²) in [6.07, 6.45) is 4.65. The third kappa shape index (κ3) is 4.80. The van der Waals surface area contributed by atoms with Crippen LogP contribution in [-0.2, 0) is 16.0 Å². The molecule has 0 unspecified atom stereocenters. The Bertz CT molecular complexity index is 540. The third-order valence-electron chi connectivity index (χ3n) is 4.97. The van der Waals surface area contributed by atoms with Crippen molar-refractivity contribution >= 4 is 23.2 Å². The number of hydrogen-bond donors (Lipinski definition) is 0. The molecule has 24 heavy (non-hydrogen) atoms. The van der Waals surface area contributed by atoms with Crippen LogP contribution in [0.5, 0.6) is 0 Å². The molecule has 0 N–H and O–H groups in total. The van der Waals surface area contributed by atoms with E-state index >= 15 is 0 Å². The molecule has 0 spiro atoms. The summed E-state index contributed by atoms with van der Waals surface area (Å²) in [5.41, 5.74) is 1.25. The van der Waals surface area contributed by atoms with Gasteiger partial charge in [-0.25, -0.2) is 0 Å². The van der Waals surface area contributed by atoms with Crippen LogP contribution in [0, 0.1) is 0 Å². The maximum absolute atomic E-state index is 12.4. The molecule has 0 aliphatic carbocycles. The normalized spacial score (nSPS) is 19.5. The average molecular weight is 350 g/mol. The number of nitrogens with zero attached hydrogens (tertiary/aromatic N) is 3. The summed E-state index contributed by atoms with van der Waals surface area (Å²) in [5.74, 6) is 0.499. The minimum Gasteiger partial charge on any atom is -0.342 e. The third-order valence-corrected chi connectivity index (χ3v) is 5.70. The Morgan fingerprint density at radius 3 is 2.42 bits per heavy atom. The minimum absolute atomic E-state index is 0.244. The average Bonchev–Trinajstić information content (AvgIpc) is 3.24. The van der Waals surface area contributed by atoms with Crippen LogP contribution in [0.25, 0.3) is 0 Å². The van der Waals surface area contributed by atoms with Crippen molar-refractivity contribution in [1.82, 2.24) is 14.7 Å². The zero-order valence-corrected chi connectivity index (χ0v) is 15.1. The highest BCUT2D eigenvalue weighted by Crippen LogP contribution is 2.12. The first-order valence-corrected chi connectivity index (χ1v) is 9.95. The van der Waals surface area contributed by atoms with Gasteiger partial charge in [-0.1, -0.05) is 0 Å². The second kappa shape index (κ2) is 8.62. The van der Waals surface area contributed by atoms with Crippen LogP contribution < -0.4 is 0 Å². The highest BCUT2D eigenvalue weighted by Gasteiger charge is 2.23. The fraction of sp³-hybridized carbons (Fsp3) is 0.667. The lowest BCUT2D eigenvalue weighted by molar-refractivity contribution is -0.131. The predicted octanol–water partition coefficient (Wildman–Crippen LogP) is 1.84. The van der Waals surface area contributed by atoms with Crippen molar-refractivity contribution in [3.63, 3.8) is 0 Å². The summed E-state index contributed by atoms with van der Waals surface area (Å²) in [6, 6.07) is 2.09. The van der Waals surface area contributed by atoms with E-state index in [1.165, 1.54) is 5.56 Å². The van der Waals surface area contributed by atoms with Crippen LogP contribution in [0.4, 0.5) is 0 Å². The maximum Gasteiger partial charge on any atom is 0.236 e. The van der Waals surface area contributed by atoms with Gasteiger partial charge in [0.25, 0.3) is 0 Å². The molecule has 1 aromatic rings. The van der Waals surface area contributed by atoms with Crippen molar-refractivity contribution in [2.24, 2.45) is 0 Å². The van der Waals surface area contributed by atoms with Crippen LogP contribution in [0.15, 0.2) is 16.8 Å². The van der Waals surface area contributed by atoms with E-state index in [1.807, 2.05) is 9.80 Å². The first-order chi connectivity index (χ1) is 11.7. The highest BCUT2D eigenvalue weighted by atomic mass is 32.1. The van der Waals surface area contributed by atoms with Gasteiger partial charge in [0.15, 0.2) is 0 Å². The number of rotatable bonds is 5. The SMILES string of the molecule is O=C(CCc1ccsc1)N1CCCN(CC(=O)N2CCCC2)CC1. The summed E-state index contributed by atoms with van der Waals surface area (Å²) < 4.78 is 0. The molecule has 2 fully saturated rings. The number of carbonyl (C=O) groups excluding carboxylic acids is 2. The number of likely N-dealkylation sites (tertiary alicyclic amines) is 1. The molecule has 2 amide bonds. The van der Waals surface area contributed by atoms with E-state index in [-0.39, 0.29) is 11.8 Å². The minimum atomic E-state index is 0.244. The predicted molar refractivity (Wildman–Crippen MR) is 96.1 cm³/mol. The Balaban J connectivity index is 1.42. The molecule has 0 aromatic carbocycles. The number of thiophene rings is 1. The summed E-state index contributed by atoms with van der Waals surface area (Å²) in [5, 5.41) is 4.17. The van der Waals surface area contributed by atoms with Gasteiger partial charge in [0.1, 0.15) is 0 Å². The molecule has 1 aromatic heterocycles. The van der Waals surface area contributed by atoms with Crippen LogP contribution >= 0.6 is 11.3 Å². The van der Waals surface area contributed by atoms with Gasteiger partial charge in [-0.2, -0.15) is 11.3 Å². The van der Waals surface area contributed by atoms with E-state index in [2.05, 4.69) is 21.7 Å². The van der Waals surface area contributed by atoms with Gasteiger partial charge in [-0.15, -0.1) is 0 Å². The van der Waals surface area contributed by atoms with E-state index in [9.17, 15) is 9.59 Å². The molecular weight excluding hydrogens is 322 g/mol. The number of aryl methyl sites for hydroxylation is 1. The van der Waals surface area contributed by atoms with E-state index in [0.717, 1.165) is 65.0 Å². The van der Waals surface area contributed by atoms with Crippen LogP contribution in [0.1, 0.15) is 31.2 Å². The van der Waals surface area contributed by atoms with Crippen molar-refractivity contribution in [2.45, 2.75) is 32.1 Å². The quantitative estimate of drug-likeness (QED) is 0.815. The highest BCUT2D eigenvalue weighted by molar-refractivity contribution is 7.07. The molecule has 6 heteroatoms. The lowest BCUT2D eigenvalue weighted by Gasteiger charge is -2.24. The standard InChI is InChI=1S/C18H27N3O2S/c22-17(5-4-16-6-13-24-15-16)21-10-3-7-19(11-12-21)14-18(23)20-8-1-2-9-20/h6,13,15H,1-5,7-12,14H2. The Morgan fingerprint density at radius 2 is 1.67 bits per heavy atom. The van der Waals surface area contributed by atoms with Gasteiger partial charge in [0, 0.05) is 45.7 Å². The molecule has 3 heterocycles. The molecule has 0 radical (unpaired) electrons. The Morgan fingerprint density at radius 1 is 0.917 bits per heavy atom. The van der Waals surface area contributed by atoms with Gasteiger partial charge < -0.3 is 9.80 Å². The molecule has 2 aliphatic heterocycles. The van der Waals surface area contributed by atoms with Crippen molar-refractivity contribution in [3.8, 4) is 0 Å². The topological polar surface area (TPSA) is 43.9 Å². The molecule has 5 nitrogen and oxygen atoms in total. The summed E-state index contributed by atoms with van der Waals surface area (Å²) >= 11 is 1.68. The lowest BCUT2D eigenvalue weighted by Crippen LogP contribution is -2.41. The van der Waals surface area contributed by atoms with Gasteiger partial charge in [0.05, 0.1) is 6.54 Å². The first-order valence-electron chi connectivity index (χ1n) is 9.01. The monoisotopic (exact) mass is 349 g/mol. The fourth-order valence-corrected chi connectivity index (χ4v) is 4.18. The van der Waals surface area contributed by atoms with Crippen LogP contribution in [0.2, 0.25) is 0 Å². The first kappa shape index (κ1) is 17.4. The van der Waals surface area contributed by atoms with Crippen LogP contribution in [0.3, 0.4) is 0 Å². The Kier molecular flexibility index (Phi) is 6.26. The van der Waals surface area contributed by atoms with E-state index in [4.69, 9.17) is 0 Å². The fourth-order valence-electron chi connectivity index (χ4n) is 3.48. The molecular formula is C18H27N3O2S. The second-order valence-corrected chi connectivity index (χ2v) is 7.51. The summed E-state index contributed by atoms with van der Waals surface area (Å²) in [4.78, 5) is 30.9. The molecule has 0 atom stereocenters.